The Morgan fingerprint density at radius 1 is 1.19 bits per heavy atom. The smallest absolute Gasteiger partial charge is 0.295 e. The number of rotatable bonds is 5. The number of para-hydroxylation sites is 1. The van der Waals surface area contributed by atoms with Crippen LogP contribution in [0.25, 0.3) is 5.69 Å². The molecule has 1 aromatic heterocycles. The number of anilines is 1. The summed E-state index contributed by atoms with van der Waals surface area (Å²) in [5.74, 6) is -0.123. The van der Waals surface area contributed by atoms with Crippen molar-refractivity contribution in [2.24, 2.45) is 7.05 Å². The van der Waals surface area contributed by atoms with Crippen molar-refractivity contribution in [1.29, 1.82) is 0 Å². The van der Waals surface area contributed by atoms with E-state index in [4.69, 9.17) is 4.74 Å². The van der Waals surface area contributed by atoms with Gasteiger partial charge < -0.3 is 19.9 Å². The van der Waals surface area contributed by atoms with Crippen molar-refractivity contribution in [3.05, 3.63) is 46.4 Å². The Bertz CT molecular complexity index is 999. The number of carbonyl (C=O) groups is 2. The maximum Gasteiger partial charge on any atom is 0.295 e. The number of nitrogens with one attached hydrogen (secondary N) is 2. The van der Waals surface area contributed by atoms with Crippen LogP contribution in [-0.2, 0) is 21.4 Å². The Morgan fingerprint density at radius 2 is 1.90 bits per heavy atom. The molecule has 1 aromatic carbocycles. The topological polar surface area (TPSA) is 90.0 Å². The largest absolute Gasteiger partial charge is 0.368 e. The molecular weight excluding hydrogens is 398 g/mol. The summed E-state index contributed by atoms with van der Waals surface area (Å²) in [7, 11) is 1.80. The molecule has 31 heavy (non-hydrogen) atoms. The minimum atomic E-state index is -0.294. The van der Waals surface area contributed by atoms with Crippen LogP contribution in [0.4, 0.5) is 5.69 Å². The van der Waals surface area contributed by atoms with E-state index in [-0.39, 0.29) is 30.0 Å². The van der Waals surface area contributed by atoms with Crippen molar-refractivity contribution in [1.82, 2.24) is 14.3 Å². The number of quaternary nitrogens is 1. The standard InChI is InChI=1S/C22H29N5O4/c1-16-20(22(30)27(24(16)2)17-7-4-3-5-8-17)23-19(28)15-25-10-12-26(13-11-25)21(29)18-9-6-14-31-18/h3-5,7-8,18H,6,9-15H2,1-2H3,(H,23,28)/p+1/t18-/m1/s1. The van der Waals surface area contributed by atoms with Crippen molar-refractivity contribution in [2.45, 2.75) is 25.9 Å². The molecule has 2 N–H and O–H groups in total. The van der Waals surface area contributed by atoms with Crippen molar-refractivity contribution in [2.75, 3.05) is 44.6 Å². The molecule has 166 valence electrons. The Hall–Kier alpha value is -2.91. The first-order valence-corrected chi connectivity index (χ1v) is 10.8. The minimum Gasteiger partial charge on any atom is -0.368 e. The quantitative estimate of drug-likeness (QED) is 0.661. The fraction of sp³-hybridized carbons (Fsp3) is 0.500. The van der Waals surface area contributed by atoms with Gasteiger partial charge in [0.25, 0.3) is 17.4 Å². The second kappa shape index (κ2) is 9.07. The van der Waals surface area contributed by atoms with Crippen LogP contribution in [0.3, 0.4) is 0 Å². The van der Waals surface area contributed by atoms with Gasteiger partial charge in [0.1, 0.15) is 11.8 Å². The van der Waals surface area contributed by atoms with Crippen LogP contribution in [0.5, 0.6) is 0 Å². The highest BCUT2D eigenvalue weighted by Gasteiger charge is 2.32. The van der Waals surface area contributed by atoms with Gasteiger partial charge in [-0.1, -0.05) is 18.2 Å². The summed E-state index contributed by atoms with van der Waals surface area (Å²) in [4.78, 5) is 41.0. The molecule has 0 spiro atoms. The molecule has 4 rings (SSSR count). The molecule has 0 unspecified atom stereocenters. The lowest BCUT2D eigenvalue weighted by Gasteiger charge is -2.33. The first kappa shape index (κ1) is 21.3. The molecular formula is C22H30N5O4+. The number of nitrogens with zero attached hydrogens (tertiary/aromatic N) is 3. The molecule has 2 aliphatic heterocycles. The molecule has 3 heterocycles. The SMILES string of the molecule is Cc1c(NC(=O)C[NH+]2CCN(C(=O)[C@H]3CCCO3)CC2)c(=O)n(-c2ccccc2)n1C. The average molecular weight is 429 g/mol. The van der Waals surface area contributed by atoms with E-state index in [2.05, 4.69) is 5.32 Å². The number of carbonyl (C=O) groups excluding carboxylic acids is 2. The van der Waals surface area contributed by atoms with Crippen LogP contribution >= 0.6 is 0 Å². The lowest BCUT2D eigenvalue weighted by atomic mass is 10.2. The highest BCUT2D eigenvalue weighted by atomic mass is 16.5. The van der Waals surface area contributed by atoms with Gasteiger partial charge in [-0.25, -0.2) is 4.68 Å². The van der Waals surface area contributed by atoms with Crippen molar-refractivity contribution < 1.29 is 19.2 Å². The zero-order valence-electron chi connectivity index (χ0n) is 18.1. The lowest BCUT2D eigenvalue weighted by molar-refractivity contribution is -0.895. The molecule has 2 aromatic rings. The predicted octanol–water partition coefficient (Wildman–Crippen LogP) is -0.671. The van der Waals surface area contributed by atoms with Crippen LogP contribution in [0, 0.1) is 6.92 Å². The molecule has 2 saturated heterocycles. The average Bonchev–Trinajstić information content (AvgIpc) is 3.38. The van der Waals surface area contributed by atoms with Gasteiger partial charge in [-0.3, -0.25) is 19.1 Å². The summed E-state index contributed by atoms with van der Waals surface area (Å²) in [6, 6.07) is 9.34. The molecule has 1 atom stereocenters. The monoisotopic (exact) mass is 428 g/mol. The second-order valence-electron chi connectivity index (χ2n) is 8.24. The van der Waals surface area contributed by atoms with Crippen molar-refractivity contribution >= 4 is 17.5 Å². The summed E-state index contributed by atoms with van der Waals surface area (Å²) in [5.41, 5.74) is 1.50. The summed E-state index contributed by atoms with van der Waals surface area (Å²) < 4.78 is 8.79. The molecule has 0 bridgehead atoms. The van der Waals surface area contributed by atoms with Gasteiger partial charge in [0.2, 0.25) is 0 Å². The number of ether oxygens (including phenoxy) is 1. The minimum absolute atomic E-state index is 0.0716. The van der Waals surface area contributed by atoms with E-state index >= 15 is 0 Å². The molecule has 0 saturated carbocycles. The van der Waals surface area contributed by atoms with Gasteiger partial charge >= 0.3 is 0 Å². The van der Waals surface area contributed by atoms with Crippen LogP contribution in [-0.4, -0.2) is 71.5 Å². The lowest BCUT2D eigenvalue weighted by Crippen LogP contribution is -3.15. The summed E-state index contributed by atoms with van der Waals surface area (Å²) >= 11 is 0. The number of hydrogen-bond donors (Lipinski definition) is 2. The van der Waals surface area contributed by atoms with Gasteiger partial charge in [-0.05, 0) is 31.9 Å². The van der Waals surface area contributed by atoms with Crippen LogP contribution in [0.15, 0.2) is 35.1 Å². The first-order chi connectivity index (χ1) is 15.0. The zero-order chi connectivity index (χ0) is 22.0. The van der Waals surface area contributed by atoms with Crippen LogP contribution in [0.2, 0.25) is 0 Å². The van der Waals surface area contributed by atoms with Crippen molar-refractivity contribution in [3.8, 4) is 5.69 Å². The molecule has 9 nitrogen and oxygen atoms in total. The fourth-order valence-electron chi connectivity index (χ4n) is 4.32. The van der Waals surface area contributed by atoms with E-state index in [0.29, 0.717) is 44.2 Å². The van der Waals surface area contributed by atoms with Crippen LogP contribution in [0.1, 0.15) is 18.5 Å². The zero-order valence-corrected chi connectivity index (χ0v) is 18.1. The Morgan fingerprint density at radius 3 is 2.55 bits per heavy atom. The Balaban J connectivity index is 1.36. The van der Waals surface area contributed by atoms with Gasteiger partial charge in [0, 0.05) is 13.7 Å². The summed E-state index contributed by atoms with van der Waals surface area (Å²) in [5, 5.41) is 2.82. The number of aromatic nitrogens is 2. The highest BCUT2D eigenvalue weighted by Crippen LogP contribution is 2.15. The maximum absolute atomic E-state index is 12.9. The summed E-state index contributed by atoms with van der Waals surface area (Å²) in [6.45, 7) is 5.38. The van der Waals surface area contributed by atoms with E-state index in [1.54, 1.807) is 16.4 Å². The predicted molar refractivity (Wildman–Crippen MR) is 115 cm³/mol. The van der Waals surface area contributed by atoms with Crippen molar-refractivity contribution in [3.63, 3.8) is 0 Å². The van der Waals surface area contributed by atoms with Crippen LogP contribution < -0.4 is 15.8 Å². The van der Waals surface area contributed by atoms with Gasteiger partial charge in [0.05, 0.1) is 37.6 Å². The highest BCUT2D eigenvalue weighted by molar-refractivity contribution is 5.92. The van der Waals surface area contributed by atoms with E-state index in [9.17, 15) is 14.4 Å². The van der Waals surface area contributed by atoms with Gasteiger partial charge in [-0.15, -0.1) is 0 Å². The van der Waals surface area contributed by atoms with E-state index < -0.39 is 0 Å². The fourth-order valence-corrected chi connectivity index (χ4v) is 4.32. The molecule has 9 heteroatoms. The van der Waals surface area contributed by atoms with E-state index in [1.807, 2.05) is 42.2 Å². The molecule has 2 amide bonds. The number of piperazine rings is 1. The first-order valence-electron chi connectivity index (χ1n) is 10.8. The van der Waals surface area contributed by atoms with E-state index in [1.165, 1.54) is 0 Å². The van der Waals surface area contributed by atoms with Gasteiger partial charge in [-0.2, -0.15) is 0 Å². The third-order valence-corrected chi connectivity index (χ3v) is 6.22. The summed E-state index contributed by atoms with van der Waals surface area (Å²) in [6.07, 6.45) is 1.44. The molecule has 0 aliphatic carbocycles. The van der Waals surface area contributed by atoms with Gasteiger partial charge in [0.15, 0.2) is 6.54 Å². The third-order valence-electron chi connectivity index (χ3n) is 6.22. The number of amides is 2. The number of hydrogen-bond acceptors (Lipinski definition) is 4. The Kier molecular flexibility index (Phi) is 6.24. The molecule has 2 aliphatic rings. The third kappa shape index (κ3) is 4.42. The Labute approximate surface area is 181 Å². The normalized spacial score (nSPS) is 19.5. The molecule has 2 fully saturated rings. The maximum atomic E-state index is 12.9. The molecule has 0 radical (unpaired) electrons. The second-order valence-corrected chi connectivity index (χ2v) is 8.24. The number of benzene rings is 1. The van der Waals surface area contributed by atoms with E-state index in [0.717, 1.165) is 23.4 Å².